The van der Waals surface area contributed by atoms with Gasteiger partial charge in [0.25, 0.3) is 0 Å². The van der Waals surface area contributed by atoms with Gasteiger partial charge in [-0.05, 0) is 43.2 Å². The first-order valence-corrected chi connectivity index (χ1v) is 11.2. The van der Waals surface area contributed by atoms with Crippen molar-refractivity contribution in [2.24, 2.45) is 0 Å². The highest BCUT2D eigenvalue weighted by molar-refractivity contribution is 6.03. The first kappa shape index (κ1) is 25.2. The third kappa shape index (κ3) is 7.28. The van der Waals surface area contributed by atoms with Gasteiger partial charge in [0.1, 0.15) is 17.9 Å². The summed E-state index contributed by atoms with van der Waals surface area (Å²) >= 11 is 0. The number of amides is 2. The molecule has 0 unspecified atom stereocenters. The number of hydroxylamine groups is 1. The largest absolute Gasteiger partial charge is 0.491 e. The predicted molar refractivity (Wildman–Crippen MR) is 135 cm³/mol. The molecule has 0 spiro atoms. The van der Waals surface area contributed by atoms with Crippen LogP contribution in [0.25, 0.3) is 10.9 Å². The lowest BCUT2D eigenvalue weighted by Crippen LogP contribution is -2.17. The van der Waals surface area contributed by atoms with E-state index in [1.54, 1.807) is 17.6 Å². The Kier molecular flexibility index (Phi) is 9.16. The molecule has 2 amide bonds. The van der Waals surface area contributed by atoms with Crippen molar-refractivity contribution in [3.8, 4) is 18.1 Å². The Morgan fingerprint density at radius 1 is 1.14 bits per heavy atom. The van der Waals surface area contributed by atoms with Crippen LogP contribution in [-0.2, 0) is 9.59 Å². The fraction of sp³-hybridized carbons (Fsp3) is 0.231. The van der Waals surface area contributed by atoms with Crippen LogP contribution in [0.4, 0.5) is 17.2 Å². The molecule has 4 N–H and O–H groups in total. The summed E-state index contributed by atoms with van der Waals surface area (Å²) in [5.41, 5.74) is 4.24. The summed E-state index contributed by atoms with van der Waals surface area (Å²) in [4.78, 5) is 31.8. The van der Waals surface area contributed by atoms with E-state index in [2.05, 4.69) is 33.1 Å². The predicted octanol–water partition coefficient (Wildman–Crippen LogP) is 4.31. The number of nitrogens with zero attached hydrogens (tertiary/aromatic N) is 2. The Bertz CT molecular complexity index is 1250. The lowest BCUT2D eigenvalue weighted by molar-refractivity contribution is -0.129. The first-order chi connectivity index (χ1) is 17.0. The number of benzene rings is 2. The number of hydrogen-bond acceptors (Lipinski definition) is 7. The van der Waals surface area contributed by atoms with Gasteiger partial charge in [0.15, 0.2) is 0 Å². The van der Waals surface area contributed by atoms with E-state index in [-0.39, 0.29) is 18.2 Å². The van der Waals surface area contributed by atoms with E-state index in [1.807, 2.05) is 24.3 Å². The summed E-state index contributed by atoms with van der Waals surface area (Å²) in [6.45, 7) is 3.93. The second-order valence-corrected chi connectivity index (χ2v) is 7.68. The molecule has 0 bridgehead atoms. The summed E-state index contributed by atoms with van der Waals surface area (Å²) in [5.74, 6) is 2.87. The van der Waals surface area contributed by atoms with Gasteiger partial charge in [0.05, 0.1) is 17.8 Å². The van der Waals surface area contributed by atoms with Crippen molar-refractivity contribution < 1.29 is 19.5 Å². The molecule has 1 aromatic heterocycles. The minimum absolute atomic E-state index is 0.281. The molecule has 0 radical (unpaired) electrons. The first-order valence-electron chi connectivity index (χ1n) is 11.2. The van der Waals surface area contributed by atoms with Crippen molar-refractivity contribution >= 4 is 39.9 Å². The standard InChI is InChI=1S/C26H27N5O4/c1-3-18-10-9-11-19(14-18)29-26-20-15-22(30-24(32)4-2)23(16-21(20)27-17-28-26)35-13-8-6-5-7-12-25(33)31-34/h1,4,9-11,14-17,34H,2,5-8,12-13H2,(H,30,32)(H,31,33)(H,27,28,29). The van der Waals surface area contributed by atoms with E-state index in [4.69, 9.17) is 16.4 Å². The van der Waals surface area contributed by atoms with Gasteiger partial charge in [-0.2, -0.15) is 0 Å². The maximum absolute atomic E-state index is 12.0. The van der Waals surface area contributed by atoms with Gasteiger partial charge < -0.3 is 15.4 Å². The average molecular weight is 474 g/mol. The second-order valence-electron chi connectivity index (χ2n) is 7.68. The number of unbranched alkanes of at least 4 members (excludes halogenated alkanes) is 3. The number of nitrogens with one attached hydrogen (secondary N) is 3. The van der Waals surface area contributed by atoms with Crippen LogP contribution in [0.3, 0.4) is 0 Å². The molecule has 1 heterocycles. The lowest BCUT2D eigenvalue weighted by Gasteiger charge is -2.15. The minimum Gasteiger partial charge on any atom is -0.491 e. The number of terminal acetylenes is 1. The SMILES string of the molecule is C#Cc1cccc(Nc2ncnc3cc(OCCCCCCC(=O)NO)c(NC(=O)C=C)cc23)c1. The summed E-state index contributed by atoms with van der Waals surface area (Å²) in [6, 6.07) is 10.9. The Morgan fingerprint density at radius 3 is 2.74 bits per heavy atom. The molecule has 35 heavy (non-hydrogen) atoms. The van der Waals surface area contributed by atoms with E-state index < -0.39 is 0 Å². The highest BCUT2D eigenvalue weighted by Gasteiger charge is 2.13. The molecule has 0 saturated heterocycles. The molecule has 0 atom stereocenters. The van der Waals surface area contributed by atoms with Gasteiger partial charge in [-0.25, -0.2) is 15.4 Å². The molecular formula is C26H27N5O4. The second kappa shape index (κ2) is 12.7. The highest BCUT2D eigenvalue weighted by Crippen LogP contribution is 2.33. The molecule has 3 rings (SSSR count). The molecule has 0 aliphatic carbocycles. The number of anilines is 3. The van der Waals surface area contributed by atoms with Crippen LogP contribution in [-0.4, -0.2) is 33.6 Å². The Hall–Kier alpha value is -4.42. The van der Waals surface area contributed by atoms with Crippen LogP contribution in [0.2, 0.25) is 0 Å². The third-order valence-electron chi connectivity index (χ3n) is 5.15. The smallest absolute Gasteiger partial charge is 0.247 e. The van der Waals surface area contributed by atoms with Crippen LogP contribution in [0.15, 0.2) is 55.4 Å². The zero-order chi connectivity index (χ0) is 25.0. The van der Waals surface area contributed by atoms with Crippen molar-refractivity contribution in [2.45, 2.75) is 32.1 Å². The van der Waals surface area contributed by atoms with E-state index in [0.29, 0.717) is 41.2 Å². The number of carbonyl (C=O) groups excluding carboxylic acids is 2. The number of rotatable bonds is 12. The Labute approximate surface area is 203 Å². The molecular weight excluding hydrogens is 446 g/mol. The lowest BCUT2D eigenvalue weighted by atomic mass is 10.1. The summed E-state index contributed by atoms with van der Waals surface area (Å²) in [7, 11) is 0. The fourth-order valence-corrected chi connectivity index (χ4v) is 3.39. The Morgan fingerprint density at radius 2 is 1.97 bits per heavy atom. The van der Waals surface area contributed by atoms with Gasteiger partial charge in [-0.1, -0.05) is 31.4 Å². The Balaban J connectivity index is 1.77. The average Bonchev–Trinajstić information content (AvgIpc) is 2.88. The van der Waals surface area contributed by atoms with Crippen LogP contribution in [0.5, 0.6) is 5.75 Å². The fourth-order valence-electron chi connectivity index (χ4n) is 3.39. The zero-order valence-corrected chi connectivity index (χ0v) is 19.2. The number of ether oxygens (including phenoxy) is 1. The maximum Gasteiger partial charge on any atom is 0.247 e. The van der Waals surface area contributed by atoms with Gasteiger partial charge in [0.2, 0.25) is 11.8 Å². The quantitative estimate of drug-likeness (QED) is 0.102. The monoisotopic (exact) mass is 473 g/mol. The van der Waals surface area contributed by atoms with Gasteiger partial charge in [-0.15, -0.1) is 6.42 Å². The zero-order valence-electron chi connectivity index (χ0n) is 19.2. The number of carbonyl (C=O) groups is 2. The van der Waals surface area contributed by atoms with E-state index >= 15 is 0 Å². The van der Waals surface area contributed by atoms with Crippen molar-refractivity contribution in [3.05, 3.63) is 60.9 Å². The highest BCUT2D eigenvalue weighted by atomic mass is 16.5. The minimum atomic E-state index is -0.389. The van der Waals surface area contributed by atoms with Crippen molar-refractivity contribution in [1.82, 2.24) is 15.4 Å². The van der Waals surface area contributed by atoms with E-state index in [9.17, 15) is 9.59 Å². The van der Waals surface area contributed by atoms with Gasteiger partial charge >= 0.3 is 0 Å². The number of aromatic nitrogens is 2. The van der Waals surface area contributed by atoms with Gasteiger partial charge in [0, 0.05) is 29.1 Å². The normalized spacial score (nSPS) is 10.3. The van der Waals surface area contributed by atoms with Crippen LogP contribution in [0, 0.1) is 12.3 Å². The van der Waals surface area contributed by atoms with Crippen molar-refractivity contribution in [3.63, 3.8) is 0 Å². The summed E-state index contributed by atoms with van der Waals surface area (Å²) in [6.07, 6.45) is 11.5. The van der Waals surface area contributed by atoms with Crippen molar-refractivity contribution in [1.29, 1.82) is 0 Å². The van der Waals surface area contributed by atoms with Crippen LogP contribution < -0.4 is 20.9 Å². The molecule has 9 heteroatoms. The van der Waals surface area contributed by atoms with Crippen molar-refractivity contribution in [2.75, 3.05) is 17.2 Å². The van der Waals surface area contributed by atoms with Gasteiger partial charge in [-0.3, -0.25) is 14.8 Å². The van der Waals surface area contributed by atoms with E-state index in [0.717, 1.165) is 30.5 Å². The van der Waals surface area contributed by atoms with Crippen LogP contribution >= 0.6 is 0 Å². The molecule has 9 nitrogen and oxygen atoms in total. The molecule has 180 valence electrons. The molecule has 2 aromatic carbocycles. The molecule has 3 aromatic rings. The molecule has 0 fully saturated rings. The van der Waals surface area contributed by atoms with Crippen LogP contribution in [0.1, 0.15) is 37.7 Å². The summed E-state index contributed by atoms with van der Waals surface area (Å²) in [5, 5.41) is 15.2. The molecule has 0 aliphatic rings. The third-order valence-corrected chi connectivity index (χ3v) is 5.15. The maximum atomic E-state index is 12.0. The molecule has 0 aliphatic heterocycles. The topological polar surface area (TPSA) is 125 Å². The number of fused-ring (bicyclic) bond motifs is 1. The van der Waals surface area contributed by atoms with E-state index in [1.165, 1.54) is 12.4 Å². The molecule has 0 saturated carbocycles. The number of hydrogen-bond donors (Lipinski definition) is 4. The summed E-state index contributed by atoms with van der Waals surface area (Å²) < 4.78 is 5.96.